The van der Waals surface area contributed by atoms with Crippen molar-refractivity contribution in [2.75, 3.05) is 11.6 Å². The molecule has 2 rings (SSSR count). The fraction of sp³-hybridized carbons (Fsp3) is 0.389. The highest BCUT2D eigenvalue weighted by atomic mass is 32.2. The number of carbonyl (C=O) groups excluding carboxylic acids is 1. The lowest BCUT2D eigenvalue weighted by Gasteiger charge is -2.14. The molecule has 5 heteroatoms. The van der Waals surface area contributed by atoms with E-state index < -0.39 is 0 Å². The summed E-state index contributed by atoms with van der Waals surface area (Å²) in [5.74, 6) is 0.849. The Bertz CT molecular complexity index is 741. The van der Waals surface area contributed by atoms with Crippen molar-refractivity contribution in [2.24, 2.45) is 0 Å². The average molecular weight is 329 g/mol. The Kier molecular flexibility index (Phi) is 5.42. The van der Waals surface area contributed by atoms with Gasteiger partial charge in [-0.15, -0.1) is 11.8 Å². The van der Waals surface area contributed by atoms with E-state index >= 15 is 0 Å². The number of hydrogen-bond acceptors (Lipinski definition) is 4. The predicted octanol–water partition coefficient (Wildman–Crippen LogP) is 4.50. The van der Waals surface area contributed by atoms with E-state index in [4.69, 9.17) is 0 Å². The molecule has 0 radical (unpaired) electrons. The minimum atomic E-state index is -0.157. The van der Waals surface area contributed by atoms with E-state index in [1.807, 2.05) is 45.2 Å². The van der Waals surface area contributed by atoms with Gasteiger partial charge in [0.15, 0.2) is 0 Å². The van der Waals surface area contributed by atoms with Gasteiger partial charge in [-0.2, -0.15) is 0 Å². The van der Waals surface area contributed by atoms with Crippen LogP contribution in [0, 0.1) is 20.8 Å². The van der Waals surface area contributed by atoms with E-state index in [0.29, 0.717) is 5.56 Å². The molecule has 1 aromatic carbocycles. The largest absolute Gasteiger partial charge is 0.322 e. The third kappa shape index (κ3) is 3.91. The van der Waals surface area contributed by atoms with Gasteiger partial charge in [0.05, 0.1) is 11.3 Å². The van der Waals surface area contributed by atoms with Crippen LogP contribution in [-0.4, -0.2) is 22.1 Å². The van der Waals surface area contributed by atoms with E-state index in [9.17, 15) is 4.79 Å². The van der Waals surface area contributed by atoms with Crippen LogP contribution in [0.5, 0.6) is 0 Å². The summed E-state index contributed by atoms with van der Waals surface area (Å²) in [6.45, 7) is 9.96. The Hall–Kier alpha value is -1.88. The van der Waals surface area contributed by atoms with Crippen LogP contribution >= 0.6 is 11.8 Å². The number of rotatable bonds is 4. The normalized spacial score (nSPS) is 10.9. The lowest BCUT2D eigenvalue weighted by atomic mass is 10.1. The number of nitrogens with one attached hydrogen (secondary N) is 1. The van der Waals surface area contributed by atoms with Gasteiger partial charge in [-0.3, -0.25) is 4.79 Å². The number of carbonyl (C=O) groups is 1. The number of hydrogen-bond donors (Lipinski definition) is 1. The highest BCUT2D eigenvalue weighted by Gasteiger charge is 2.20. The summed E-state index contributed by atoms with van der Waals surface area (Å²) in [7, 11) is 0. The highest BCUT2D eigenvalue weighted by molar-refractivity contribution is 7.98. The Labute approximate surface area is 142 Å². The van der Waals surface area contributed by atoms with Crippen LogP contribution in [0.15, 0.2) is 23.2 Å². The van der Waals surface area contributed by atoms with Crippen molar-refractivity contribution in [1.82, 2.24) is 9.97 Å². The topological polar surface area (TPSA) is 54.9 Å². The van der Waals surface area contributed by atoms with Gasteiger partial charge in [0, 0.05) is 11.6 Å². The number of amides is 1. The first-order valence-corrected chi connectivity index (χ1v) is 8.87. The van der Waals surface area contributed by atoms with Gasteiger partial charge in [0.25, 0.3) is 5.91 Å². The summed E-state index contributed by atoms with van der Waals surface area (Å²) in [6.07, 6.45) is 1.93. The minimum absolute atomic E-state index is 0.157. The Morgan fingerprint density at radius 2 is 1.87 bits per heavy atom. The maximum Gasteiger partial charge on any atom is 0.260 e. The van der Waals surface area contributed by atoms with Crippen LogP contribution in [0.25, 0.3) is 0 Å². The molecule has 0 aliphatic carbocycles. The third-order valence-corrected chi connectivity index (χ3v) is 4.33. The number of nitrogens with zero attached hydrogens (tertiary/aromatic N) is 2. The molecule has 122 valence electrons. The van der Waals surface area contributed by atoms with E-state index in [2.05, 4.69) is 29.1 Å². The number of benzene rings is 1. The van der Waals surface area contributed by atoms with Crippen LogP contribution in [0.3, 0.4) is 0 Å². The van der Waals surface area contributed by atoms with Crippen molar-refractivity contribution in [2.45, 2.75) is 45.6 Å². The van der Waals surface area contributed by atoms with Crippen molar-refractivity contribution < 1.29 is 4.79 Å². The molecule has 0 spiro atoms. The first-order chi connectivity index (χ1) is 10.8. The van der Waals surface area contributed by atoms with Gasteiger partial charge in [-0.05, 0) is 44.2 Å². The molecule has 0 aliphatic heterocycles. The van der Waals surface area contributed by atoms with Gasteiger partial charge in [0.2, 0.25) is 0 Å². The van der Waals surface area contributed by atoms with Gasteiger partial charge in [-0.25, -0.2) is 9.97 Å². The molecule has 23 heavy (non-hydrogen) atoms. The molecule has 0 saturated heterocycles. The zero-order chi connectivity index (χ0) is 17.1. The second kappa shape index (κ2) is 7.13. The maximum atomic E-state index is 12.8. The monoisotopic (exact) mass is 329 g/mol. The molecular formula is C18H23N3OS. The number of aromatic nitrogens is 2. The number of thioether (sulfide) groups is 1. The van der Waals surface area contributed by atoms with Crippen LogP contribution in [0.4, 0.5) is 5.69 Å². The van der Waals surface area contributed by atoms with Crippen LogP contribution in [0.2, 0.25) is 0 Å². The summed E-state index contributed by atoms with van der Waals surface area (Å²) in [4.78, 5) is 21.8. The molecule has 1 heterocycles. The summed E-state index contributed by atoms with van der Waals surface area (Å²) in [5.41, 5.74) is 4.25. The van der Waals surface area contributed by atoms with Crippen molar-refractivity contribution in [3.63, 3.8) is 0 Å². The summed E-state index contributed by atoms with van der Waals surface area (Å²) in [5, 5.41) is 3.73. The lowest BCUT2D eigenvalue weighted by Crippen LogP contribution is -2.18. The molecule has 0 bridgehead atoms. The molecule has 0 atom stereocenters. The van der Waals surface area contributed by atoms with E-state index in [0.717, 1.165) is 33.4 Å². The van der Waals surface area contributed by atoms with Gasteiger partial charge in [-0.1, -0.05) is 26.0 Å². The minimum Gasteiger partial charge on any atom is -0.322 e. The zero-order valence-electron chi connectivity index (χ0n) is 14.5. The van der Waals surface area contributed by atoms with Gasteiger partial charge < -0.3 is 5.32 Å². The summed E-state index contributed by atoms with van der Waals surface area (Å²) in [6, 6.07) is 6.01. The Balaban J connectivity index is 2.41. The quantitative estimate of drug-likeness (QED) is 0.663. The summed E-state index contributed by atoms with van der Waals surface area (Å²) >= 11 is 1.48. The molecule has 1 N–H and O–H groups in total. The van der Waals surface area contributed by atoms with Gasteiger partial charge in [0.1, 0.15) is 10.9 Å². The first-order valence-electron chi connectivity index (χ1n) is 7.64. The molecule has 4 nitrogen and oxygen atoms in total. The lowest BCUT2D eigenvalue weighted by molar-refractivity contribution is 0.102. The fourth-order valence-corrected chi connectivity index (χ4v) is 2.92. The molecule has 1 amide bonds. The third-order valence-electron chi connectivity index (χ3n) is 3.65. The van der Waals surface area contributed by atoms with Crippen molar-refractivity contribution in [1.29, 1.82) is 0 Å². The Morgan fingerprint density at radius 3 is 2.48 bits per heavy atom. The molecule has 0 unspecified atom stereocenters. The van der Waals surface area contributed by atoms with Crippen molar-refractivity contribution in [3.8, 4) is 0 Å². The van der Waals surface area contributed by atoms with E-state index in [1.54, 1.807) is 0 Å². The zero-order valence-corrected chi connectivity index (χ0v) is 15.3. The Morgan fingerprint density at radius 1 is 1.17 bits per heavy atom. The van der Waals surface area contributed by atoms with Crippen LogP contribution < -0.4 is 5.32 Å². The van der Waals surface area contributed by atoms with Crippen LogP contribution in [-0.2, 0) is 0 Å². The van der Waals surface area contributed by atoms with Crippen molar-refractivity contribution in [3.05, 3.63) is 46.4 Å². The SMILES string of the molecule is CSc1nc(C(C)C)nc(C)c1C(=O)Nc1cc(C)ccc1C. The molecule has 0 aliphatic rings. The molecular weight excluding hydrogens is 306 g/mol. The molecule has 2 aromatic rings. The second-order valence-corrected chi connectivity index (χ2v) is 6.77. The standard InChI is InChI=1S/C18H23N3OS/c1-10(2)16-19-13(5)15(18(21-16)23-6)17(22)20-14-9-11(3)7-8-12(14)4/h7-10H,1-6H3,(H,20,22). The maximum absolute atomic E-state index is 12.8. The molecule has 0 fully saturated rings. The smallest absolute Gasteiger partial charge is 0.260 e. The van der Waals surface area contributed by atoms with Crippen molar-refractivity contribution >= 4 is 23.4 Å². The van der Waals surface area contributed by atoms with Crippen LogP contribution in [0.1, 0.15) is 52.8 Å². The van der Waals surface area contributed by atoms with E-state index in [1.165, 1.54) is 11.8 Å². The van der Waals surface area contributed by atoms with E-state index in [-0.39, 0.29) is 11.8 Å². The number of aryl methyl sites for hydroxylation is 3. The predicted molar refractivity (Wildman–Crippen MR) is 96.5 cm³/mol. The molecule has 1 aromatic heterocycles. The van der Waals surface area contributed by atoms with Gasteiger partial charge >= 0.3 is 0 Å². The molecule has 0 saturated carbocycles. The highest BCUT2D eigenvalue weighted by Crippen LogP contribution is 2.25. The summed E-state index contributed by atoms with van der Waals surface area (Å²) < 4.78 is 0. The first kappa shape index (κ1) is 17.5. The average Bonchev–Trinajstić information content (AvgIpc) is 2.49. The number of anilines is 1. The fourth-order valence-electron chi connectivity index (χ4n) is 2.29. The second-order valence-electron chi connectivity index (χ2n) is 5.98.